The molecule has 0 aliphatic carbocycles. The summed E-state index contributed by atoms with van der Waals surface area (Å²) in [6.45, 7) is 2.90. The minimum Gasteiger partial charge on any atom is -0.366 e. The Morgan fingerprint density at radius 3 is 2.48 bits per heavy atom. The van der Waals surface area contributed by atoms with E-state index in [4.69, 9.17) is 5.73 Å². The van der Waals surface area contributed by atoms with Crippen LogP contribution >= 0.6 is 0 Å². The topological polar surface area (TPSA) is 92.7 Å². The molecule has 1 fully saturated rings. The Hall–Kier alpha value is -2.36. The molecule has 0 aromatic heterocycles. The summed E-state index contributed by atoms with van der Waals surface area (Å²) in [7, 11) is 1.69. The van der Waals surface area contributed by atoms with Crippen LogP contribution in [-0.4, -0.2) is 48.5 Å². The molecule has 1 amide bonds. The van der Waals surface area contributed by atoms with Crippen molar-refractivity contribution in [2.75, 3.05) is 31.6 Å². The highest BCUT2D eigenvalue weighted by Gasteiger charge is 2.35. The quantitative estimate of drug-likeness (QED) is 0.618. The molecule has 1 atom stereocenters. The van der Waals surface area contributed by atoms with Crippen LogP contribution in [0, 0.1) is 16.0 Å². The molecular weight excluding hydrogens is 365 g/mol. The predicted molar refractivity (Wildman–Crippen MR) is 94.3 cm³/mol. The maximum Gasteiger partial charge on any atom is 0.416 e. The zero-order chi connectivity index (χ0) is 20.4. The van der Waals surface area contributed by atoms with Gasteiger partial charge in [0.1, 0.15) is 5.69 Å². The van der Waals surface area contributed by atoms with Crippen molar-refractivity contribution in [3.05, 3.63) is 33.9 Å². The van der Waals surface area contributed by atoms with Crippen molar-refractivity contribution >= 4 is 17.3 Å². The summed E-state index contributed by atoms with van der Waals surface area (Å²) in [5.41, 5.74) is 4.09. The number of piperidine rings is 1. The molecule has 1 aromatic carbocycles. The smallest absolute Gasteiger partial charge is 0.366 e. The molecule has 0 radical (unpaired) electrons. The predicted octanol–water partition coefficient (Wildman–Crippen LogP) is 2.64. The van der Waals surface area contributed by atoms with E-state index in [1.165, 1.54) is 0 Å². The number of carbonyl (C=O) groups is 1. The van der Waals surface area contributed by atoms with E-state index < -0.39 is 22.4 Å². The summed E-state index contributed by atoms with van der Waals surface area (Å²) in [5.74, 6) is -0.261. The van der Waals surface area contributed by atoms with Gasteiger partial charge in [-0.3, -0.25) is 14.9 Å². The number of nitro benzene ring substituents is 1. The van der Waals surface area contributed by atoms with Crippen molar-refractivity contribution < 1.29 is 22.9 Å². The Morgan fingerprint density at radius 2 is 2.00 bits per heavy atom. The van der Waals surface area contributed by atoms with Crippen molar-refractivity contribution in [2.24, 2.45) is 11.7 Å². The molecule has 10 heteroatoms. The number of nitrogens with zero attached hydrogens (tertiary/aromatic N) is 3. The van der Waals surface area contributed by atoms with Crippen molar-refractivity contribution in [1.29, 1.82) is 0 Å². The highest BCUT2D eigenvalue weighted by atomic mass is 19.4. The van der Waals surface area contributed by atoms with Crippen molar-refractivity contribution in [3.63, 3.8) is 0 Å². The van der Waals surface area contributed by atoms with E-state index in [-0.39, 0.29) is 23.6 Å². The van der Waals surface area contributed by atoms with Gasteiger partial charge in [0, 0.05) is 44.7 Å². The van der Waals surface area contributed by atoms with Gasteiger partial charge in [-0.05, 0) is 31.9 Å². The summed E-state index contributed by atoms with van der Waals surface area (Å²) in [4.78, 5) is 26.2. The zero-order valence-corrected chi connectivity index (χ0v) is 15.2. The fourth-order valence-corrected chi connectivity index (χ4v) is 3.14. The maximum absolute atomic E-state index is 12.8. The van der Waals surface area contributed by atoms with Gasteiger partial charge in [-0.2, -0.15) is 13.2 Å². The number of alkyl halides is 3. The van der Waals surface area contributed by atoms with Crippen LogP contribution in [0.1, 0.15) is 25.3 Å². The second kappa shape index (κ2) is 8.12. The van der Waals surface area contributed by atoms with Crippen LogP contribution in [0.3, 0.4) is 0 Å². The first kappa shape index (κ1) is 20.9. The third kappa shape index (κ3) is 4.68. The molecule has 1 aromatic rings. The Balaban J connectivity index is 2.14. The SMILES string of the molecule is CC(CN)N(C)C(=O)C1CCN(c2ccc(C(F)(F)F)cc2[N+](=O)[O-])CC1. The number of carbonyl (C=O) groups excluding carboxylic acids is 1. The van der Waals surface area contributed by atoms with Gasteiger partial charge in [-0.25, -0.2) is 0 Å². The molecule has 1 saturated heterocycles. The van der Waals surface area contributed by atoms with E-state index in [0.717, 1.165) is 12.1 Å². The van der Waals surface area contributed by atoms with Gasteiger partial charge >= 0.3 is 6.18 Å². The monoisotopic (exact) mass is 388 g/mol. The summed E-state index contributed by atoms with van der Waals surface area (Å²) >= 11 is 0. The number of nitrogens with two attached hydrogens (primary N) is 1. The third-order valence-electron chi connectivity index (χ3n) is 5.03. The fourth-order valence-electron chi connectivity index (χ4n) is 3.14. The molecule has 2 rings (SSSR count). The molecule has 2 N–H and O–H groups in total. The zero-order valence-electron chi connectivity index (χ0n) is 15.2. The molecule has 0 bridgehead atoms. The van der Waals surface area contributed by atoms with Gasteiger partial charge < -0.3 is 15.5 Å². The molecule has 1 aliphatic rings. The van der Waals surface area contributed by atoms with Gasteiger partial charge in [-0.1, -0.05) is 0 Å². The van der Waals surface area contributed by atoms with E-state index in [2.05, 4.69) is 0 Å². The third-order valence-corrected chi connectivity index (χ3v) is 5.03. The number of amides is 1. The lowest BCUT2D eigenvalue weighted by Crippen LogP contribution is -2.46. The van der Waals surface area contributed by atoms with E-state index in [0.29, 0.717) is 38.5 Å². The lowest BCUT2D eigenvalue weighted by Gasteiger charge is -2.35. The number of nitro groups is 1. The molecule has 1 unspecified atom stereocenters. The summed E-state index contributed by atoms with van der Waals surface area (Å²) in [6, 6.07) is 2.44. The second-order valence-electron chi connectivity index (χ2n) is 6.75. The van der Waals surface area contributed by atoms with Gasteiger partial charge in [0.25, 0.3) is 5.69 Å². The summed E-state index contributed by atoms with van der Waals surface area (Å²) in [6.07, 6.45) is -3.70. The second-order valence-corrected chi connectivity index (χ2v) is 6.75. The number of hydrogen-bond donors (Lipinski definition) is 1. The first-order valence-corrected chi connectivity index (χ1v) is 8.63. The molecule has 27 heavy (non-hydrogen) atoms. The lowest BCUT2D eigenvalue weighted by atomic mass is 9.94. The molecule has 0 spiro atoms. The Labute approximate surface area is 155 Å². The average Bonchev–Trinajstić information content (AvgIpc) is 2.65. The van der Waals surface area contributed by atoms with Gasteiger partial charge in [0.2, 0.25) is 5.91 Å². The van der Waals surface area contributed by atoms with E-state index in [1.54, 1.807) is 16.8 Å². The number of benzene rings is 1. The Morgan fingerprint density at radius 1 is 1.41 bits per heavy atom. The average molecular weight is 388 g/mol. The van der Waals surface area contributed by atoms with Crippen LogP contribution in [0.2, 0.25) is 0 Å². The standard InChI is InChI=1S/C17H23F3N4O3/c1-11(10-21)22(2)16(25)12-5-7-23(8-6-12)14-4-3-13(17(18,19)20)9-15(14)24(26)27/h3-4,9,11-12H,5-8,10,21H2,1-2H3. The van der Waals surface area contributed by atoms with Crippen LogP contribution in [-0.2, 0) is 11.0 Å². The summed E-state index contributed by atoms with van der Waals surface area (Å²) < 4.78 is 38.5. The Bertz CT molecular complexity index is 703. The number of halogens is 3. The minimum atomic E-state index is -4.65. The number of likely N-dealkylation sites (N-methyl/N-ethyl adjacent to an activating group) is 1. The molecule has 0 saturated carbocycles. The van der Waals surface area contributed by atoms with Gasteiger partial charge in [-0.15, -0.1) is 0 Å². The number of anilines is 1. The van der Waals surface area contributed by atoms with Gasteiger partial charge in [0.05, 0.1) is 10.5 Å². The van der Waals surface area contributed by atoms with Crippen LogP contribution < -0.4 is 10.6 Å². The fraction of sp³-hybridized carbons (Fsp3) is 0.588. The van der Waals surface area contributed by atoms with E-state index in [1.807, 2.05) is 6.92 Å². The van der Waals surface area contributed by atoms with Crippen LogP contribution in [0.25, 0.3) is 0 Å². The van der Waals surface area contributed by atoms with Gasteiger partial charge in [0.15, 0.2) is 0 Å². The first-order valence-electron chi connectivity index (χ1n) is 8.63. The summed E-state index contributed by atoms with van der Waals surface area (Å²) in [5, 5.41) is 11.3. The van der Waals surface area contributed by atoms with Crippen molar-refractivity contribution in [3.8, 4) is 0 Å². The molecule has 7 nitrogen and oxygen atoms in total. The lowest BCUT2D eigenvalue weighted by molar-refractivity contribution is -0.384. The van der Waals surface area contributed by atoms with Crippen LogP contribution in [0.15, 0.2) is 18.2 Å². The highest BCUT2D eigenvalue weighted by Crippen LogP contribution is 2.37. The number of hydrogen-bond acceptors (Lipinski definition) is 5. The Kier molecular flexibility index (Phi) is 6.30. The van der Waals surface area contributed by atoms with Crippen LogP contribution in [0.5, 0.6) is 0 Å². The highest BCUT2D eigenvalue weighted by molar-refractivity contribution is 5.79. The molecular formula is C17H23F3N4O3. The van der Waals surface area contributed by atoms with Crippen molar-refractivity contribution in [1.82, 2.24) is 4.90 Å². The number of rotatable bonds is 5. The molecule has 150 valence electrons. The minimum absolute atomic E-state index is 0.0329. The largest absolute Gasteiger partial charge is 0.416 e. The molecule has 1 aliphatic heterocycles. The normalized spacial score (nSPS) is 16.9. The van der Waals surface area contributed by atoms with Crippen LogP contribution in [0.4, 0.5) is 24.5 Å². The molecule has 1 heterocycles. The van der Waals surface area contributed by atoms with Crippen molar-refractivity contribution in [2.45, 2.75) is 32.0 Å². The van der Waals surface area contributed by atoms with E-state index in [9.17, 15) is 28.1 Å². The maximum atomic E-state index is 12.8. The van der Waals surface area contributed by atoms with E-state index >= 15 is 0 Å². The first-order chi connectivity index (χ1) is 12.6.